The molecule has 3 aromatic heterocycles. The van der Waals surface area contributed by atoms with Gasteiger partial charge in [-0.25, -0.2) is 4.79 Å². The molecule has 0 saturated carbocycles. The van der Waals surface area contributed by atoms with Crippen molar-refractivity contribution in [2.24, 2.45) is 12.5 Å². The topological polar surface area (TPSA) is 108 Å². The van der Waals surface area contributed by atoms with Crippen LogP contribution in [0.15, 0.2) is 29.3 Å². The first-order valence-electron chi connectivity index (χ1n) is 16.5. The van der Waals surface area contributed by atoms with Gasteiger partial charge in [0.05, 0.1) is 15.9 Å². The van der Waals surface area contributed by atoms with Crippen molar-refractivity contribution >= 4 is 53.7 Å². The average molecular weight is 684 g/mol. The van der Waals surface area contributed by atoms with Crippen molar-refractivity contribution in [2.75, 3.05) is 31.1 Å². The van der Waals surface area contributed by atoms with Gasteiger partial charge >= 0.3 is 6.09 Å². The van der Waals surface area contributed by atoms with Crippen molar-refractivity contribution in [1.82, 2.24) is 29.2 Å². The molecule has 256 valence electrons. The number of nitrogens with one attached hydrogen (secondary N) is 1. The van der Waals surface area contributed by atoms with E-state index in [-0.39, 0.29) is 17.7 Å². The highest BCUT2D eigenvalue weighted by Gasteiger charge is 2.33. The van der Waals surface area contributed by atoms with E-state index in [9.17, 15) is 9.59 Å². The quantitative estimate of drug-likeness (QED) is 0.144. The van der Waals surface area contributed by atoms with Crippen LogP contribution in [0.25, 0.3) is 33.1 Å². The second kappa shape index (κ2) is 13.3. The van der Waals surface area contributed by atoms with E-state index in [1.54, 1.807) is 11.6 Å². The summed E-state index contributed by atoms with van der Waals surface area (Å²) >= 11 is 7.02. The number of halogens is 1. The summed E-state index contributed by atoms with van der Waals surface area (Å²) in [6.07, 6.45) is 5.14. The number of carbonyl (C=O) groups is 1. The Bertz CT molecular complexity index is 1820. The minimum Gasteiger partial charge on any atom is -0.444 e. The van der Waals surface area contributed by atoms with Crippen LogP contribution in [0.1, 0.15) is 47.5 Å². The molecule has 0 atom stereocenters. The molecule has 0 spiro atoms. The van der Waals surface area contributed by atoms with Crippen molar-refractivity contribution in [3.05, 3.63) is 39.9 Å². The lowest BCUT2D eigenvalue weighted by atomic mass is 9.80. The van der Waals surface area contributed by atoms with Crippen molar-refractivity contribution in [2.45, 2.75) is 92.0 Å². The monoisotopic (exact) mass is 683 g/mol. The fraction of sp³-hybridized carbons (Fsp3) is 0.588. The van der Waals surface area contributed by atoms with E-state index in [1.807, 2.05) is 61.5 Å². The molecule has 11 nitrogen and oxygen atoms in total. The number of rotatable bonds is 10. The van der Waals surface area contributed by atoms with Gasteiger partial charge in [0.2, 0.25) is 5.95 Å². The first-order chi connectivity index (χ1) is 22.0. The standard InChI is InChI=1S/C34H50ClN7O4Si/c1-10-42-20-25-26(38-42)12-11-23(28(25)35)24-19-41(22-45-17-18-47(7,8)9)29-27(24)30(43)39(6)31(37-29)40-15-13-34(5,14-16-40)21-36-32(44)46-33(2,3)4/h11-12,19-20H,10,13-18,21-22H2,1-9H3,(H,36,44). The Morgan fingerprint density at radius 1 is 1.13 bits per heavy atom. The summed E-state index contributed by atoms with van der Waals surface area (Å²) in [6.45, 7) is 20.3. The molecule has 1 amide bonds. The number of alkyl carbamates (subject to hydrolysis) is 1. The highest BCUT2D eigenvalue weighted by molar-refractivity contribution is 6.76. The molecule has 1 N–H and O–H groups in total. The van der Waals surface area contributed by atoms with Gasteiger partial charge in [-0.2, -0.15) is 10.1 Å². The van der Waals surface area contributed by atoms with Gasteiger partial charge in [0.15, 0.2) is 5.65 Å². The predicted molar refractivity (Wildman–Crippen MR) is 192 cm³/mol. The van der Waals surface area contributed by atoms with Crippen molar-refractivity contribution in [1.29, 1.82) is 0 Å². The van der Waals surface area contributed by atoms with Crippen LogP contribution in [0.3, 0.4) is 0 Å². The molecule has 4 heterocycles. The number of aryl methyl sites for hydroxylation is 1. The SMILES string of the molecule is CCn1cc2c(Cl)c(-c3cn(COCC[Si](C)(C)C)c4nc(N5CCC(C)(CNC(=O)OC(C)(C)C)CC5)n(C)c(=O)c34)ccc2n1. The Hall–Kier alpha value is -3.35. The van der Waals surface area contributed by atoms with Crippen LogP contribution in [0.5, 0.6) is 0 Å². The van der Waals surface area contributed by atoms with Crippen LogP contribution in [0.2, 0.25) is 30.7 Å². The van der Waals surface area contributed by atoms with Crippen LogP contribution in [-0.4, -0.2) is 69.9 Å². The Labute approximate surface area is 283 Å². The summed E-state index contributed by atoms with van der Waals surface area (Å²) in [7, 11) is 0.502. The molecular formula is C34H50ClN7O4Si. The maximum atomic E-state index is 14.2. The first-order valence-corrected chi connectivity index (χ1v) is 20.6. The molecule has 0 radical (unpaired) electrons. The minimum atomic E-state index is -1.28. The third-order valence-corrected chi connectivity index (χ3v) is 11.0. The number of nitrogens with zero attached hydrogens (tertiary/aromatic N) is 6. The van der Waals surface area contributed by atoms with Crippen LogP contribution in [0.4, 0.5) is 10.7 Å². The van der Waals surface area contributed by atoms with Crippen molar-refractivity contribution in [3.8, 4) is 11.1 Å². The Kier molecular flexibility index (Phi) is 9.88. The summed E-state index contributed by atoms with van der Waals surface area (Å²) in [5, 5.41) is 9.46. The van der Waals surface area contributed by atoms with Gasteiger partial charge in [0, 0.05) is 76.8 Å². The van der Waals surface area contributed by atoms with Crippen LogP contribution < -0.4 is 15.8 Å². The van der Waals surface area contributed by atoms with E-state index in [2.05, 4.69) is 41.9 Å². The number of hydrogen-bond donors (Lipinski definition) is 1. The van der Waals surface area contributed by atoms with Gasteiger partial charge < -0.3 is 24.3 Å². The van der Waals surface area contributed by atoms with Crippen molar-refractivity contribution < 1.29 is 14.3 Å². The normalized spacial score (nSPS) is 15.5. The smallest absolute Gasteiger partial charge is 0.407 e. The summed E-state index contributed by atoms with van der Waals surface area (Å²) < 4.78 is 17.1. The fourth-order valence-corrected chi connectivity index (χ4v) is 7.00. The van der Waals surface area contributed by atoms with E-state index in [0.717, 1.165) is 47.5 Å². The highest BCUT2D eigenvalue weighted by atomic mass is 35.5. The van der Waals surface area contributed by atoms with Gasteiger partial charge in [0.25, 0.3) is 5.56 Å². The van der Waals surface area contributed by atoms with Gasteiger partial charge in [-0.05, 0) is 58.1 Å². The van der Waals surface area contributed by atoms with Gasteiger partial charge in [-0.3, -0.25) is 14.0 Å². The van der Waals surface area contributed by atoms with E-state index in [4.69, 9.17) is 26.1 Å². The second-order valence-corrected chi connectivity index (χ2v) is 21.3. The van der Waals surface area contributed by atoms with Gasteiger partial charge in [-0.1, -0.05) is 44.2 Å². The van der Waals surface area contributed by atoms with Gasteiger partial charge in [0.1, 0.15) is 12.3 Å². The Morgan fingerprint density at radius 3 is 2.47 bits per heavy atom. The van der Waals surface area contributed by atoms with Crippen LogP contribution in [-0.2, 0) is 29.8 Å². The number of hydrogen-bond acceptors (Lipinski definition) is 7. The fourth-order valence-electron chi connectivity index (χ4n) is 5.93. The minimum absolute atomic E-state index is 0.102. The number of benzene rings is 1. The summed E-state index contributed by atoms with van der Waals surface area (Å²) in [5.74, 6) is 0.614. The van der Waals surface area contributed by atoms with E-state index in [1.165, 1.54) is 0 Å². The largest absolute Gasteiger partial charge is 0.444 e. The summed E-state index contributed by atoms with van der Waals surface area (Å²) in [4.78, 5) is 33.8. The first kappa shape index (κ1) is 35.0. The maximum Gasteiger partial charge on any atom is 0.407 e. The molecule has 1 aliphatic rings. The summed E-state index contributed by atoms with van der Waals surface area (Å²) in [5.41, 5.74) is 2.09. The highest BCUT2D eigenvalue weighted by Crippen LogP contribution is 2.38. The number of aromatic nitrogens is 5. The molecule has 1 aromatic carbocycles. The molecule has 47 heavy (non-hydrogen) atoms. The molecular weight excluding hydrogens is 634 g/mol. The average Bonchev–Trinajstić information content (AvgIpc) is 3.58. The number of piperidine rings is 1. The van der Waals surface area contributed by atoms with Crippen LogP contribution >= 0.6 is 11.6 Å². The predicted octanol–water partition coefficient (Wildman–Crippen LogP) is 6.87. The number of ether oxygens (including phenoxy) is 2. The zero-order valence-corrected chi connectivity index (χ0v) is 31.1. The third-order valence-electron chi connectivity index (χ3n) is 8.90. The maximum absolute atomic E-state index is 14.2. The lowest BCUT2D eigenvalue weighted by molar-refractivity contribution is 0.0495. The van der Waals surface area contributed by atoms with E-state index < -0.39 is 19.8 Å². The van der Waals surface area contributed by atoms with E-state index in [0.29, 0.717) is 48.2 Å². The molecule has 1 aliphatic heterocycles. The third kappa shape index (κ3) is 7.87. The second-order valence-electron chi connectivity index (χ2n) is 15.3. The molecule has 0 unspecified atom stereocenters. The molecule has 4 aromatic rings. The number of carbonyl (C=O) groups excluding carboxylic acids is 1. The molecule has 1 fully saturated rings. The lowest BCUT2D eigenvalue weighted by Crippen LogP contribution is -2.47. The lowest BCUT2D eigenvalue weighted by Gasteiger charge is -2.40. The molecule has 1 saturated heterocycles. The van der Waals surface area contributed by atoms with Crippen LogP contribution in [0, 0.1) is 5.41 Å². The van der Waals surface area contributed by atoms with E-state index >= 15 is 0 Å². The number of fused-ring (bicyclic) bond motifs is 2. The van der Waals surface area contributed by atoms with Gasteiger partial charge in [-0.15, -0.1) is 0 Å². The number of anilines is 1. The summed E-state index contributed by atoms with van der Waals surface area (Å²) in [6, 6.07) is 4.93. The Morgan fingerprint density at radius 2 is 1.83 bits per heavy atom. The molecule has 0 aliphatic carbocycles. The number of amides is 1. The molecule has 5 rings (SSSR count). The van der Waals surface area contributed by atoms with Crippen molar-refractivity contribution in [3.63, 3.8) is 0 Å². The zero-order valence-electron chi connectivity index (χ0n) is 29.4. The molecule has 13 heteroatoms. The molecule has 0 bridgehead atoms. The zero-order chi connectivity index (χ0) is 34.3. The Balaban J connectivity index is 1.47.